The summed E-state index contributed by atoms with van der Waals surface area (Å²) >= 11 is 0. The Morgan fingerprint density at radius 3 is 2.14 bits per heavy atom. The highest BCUT2D eigenvalue weighted by Crippen LogP contribution is 2.23. The molecule has 9 heteroatoms. The van der Waals surface area contributed by atoms with Crippen molar-refractivity contribution in [2.75, 3.05) is 35.0 Å². The summed E-state index contributed by atoms with van der Waals surface area (Å²) in [6, 6.07) is 9.92. The molecule has 2 aromatic carbocycles. The van der Waals surface area contributed by atoms with Crippen LogP contribution in [0, 0.1) is 0 Å². The molecule has 0 aromatic heterocycles. The van der Waals surface area contributed by atoms with Gasteiger partial charge in [0.15, 0.2) is 0 Å². The van der Waals surface area contributed by atoms with Crippen molar-refractivity contribution in [2.24, 2.45) is 5.10 Å². The first-order valence-electron chi connectivity index (χ1n) is 8.56. The molecule has 0 unspecified atom stereocenters. The molecule has 0 saturated heterocycles. The molecule has 0 atom stereocenters. The van der Waals surface area contributed by atoms with Crippen molar-refractivity contribution in [3.63, 3.8) is 0 Å². The van der Waals surface area contributed by atoms with E-state index < -0.39 is 11.8 Å². The Kier molecular flexibility index (Phi) is 7.84. The zero-order chi connectivity index (χ0) is 21.2. The van der Waals surface area contributed by atoms with Gasteiger partial charge in [0.2, 0.25) is 0 Å². The van der Waals surface area contributed by atoms with Gasteiger partial charge in [-0.25, -0.2) is 5.43 Å². The van der Waals surface area contributed by atoms with Crippen LogP contribution in [-0.2, 0) is 4.79 Å². The van der Waals surface area contributed by atoms with E-state index in [1.165, 1.54) is 27.5 Å². The van der Waals surface area contributed by atoms with Gasteiger partial charge in [-0.3, -0.25) is 9.59 Å². The minimum atomic E-state index is -0.489. The summed E-state index contributed by atoms with van der Waals surface area (Å²) in [6.07, 6.45) is 1.44. The summed E-state index contributed by atoms with van der Waals surface area (Å²) in [5.41, 5.74) is 3.30. The molecule has 0 saturated carbocycles. The Hall–Kier alpha value is -3.75. The minimum absolute atomic E-state index is 0.255. The Morgan fingerprint density at radius 1 is 0.897 bits per heavy atom. The van der Waals surface area contributed by atoms with E-state index in [0.29, 0.717) is 34.1 Å². The summed E-state index contributed by atoms with van der Waals surface area (Å²) in [7, 11) is 6.05. The van der Waals surface area contributed by atoms with Crippen LogP contribution in [0.25, 0.3) is 0 Å². The second-order valence-corrected chi connectivity index (χ2v) is 5.69. The Balaban J connectivity index is 1.92. The zero-order valence-corrected chi connectivity index (χ0v) is 16.6. The molecule has 2 rings (SSSR count). The number of hydrogen-bond acceptors (Lipinski definition) is 7. The lowest BCUT2D eigenvalue weighted by molar-refractivity contribution is -0.120. The van der Waals surface area contributed by atoms with Gasteiger partial charge >= 0.3 is 0 Å². The highest BCUT2D eigenvalue weighted by atomic mass is 16.5. The second-order valence-electron chi connectivity index (χ2n) is 5.69. The van der Waals surface area contributed by atoms with E-state index in [9.17, 15) is 9.59 Å². The summed E-state index contributed by atoms with van der Waals surface area (Å²) < 4.78 is 20.6. The third-order valence-corrected chi connectivity index (χ3v) is 3.86. The first kappa shape index (κ1) is 21.5. The highest BCUT2D eigenvalue weighted by molar-refractivity contribution is 5.97. The lowest BCUT2D eigenvalue weighted by Crippen LogP contribution is -2.34. The molecule has 29 heavy (non-hydrogen) atoms. The quantitative estimate of drug-likeness (QED) is 0.488. The largest absolute Gasteiger partial charge is 0.497 e. The number of hydrazone groups is 1. The molecule has 0 heterocycles. The molecule has 0 bridgehead atoms. The number of hydrogen-bond donors (Lipinski definition) is 2. The predicted molar refractivity (Wildman–Crippen MR) is 107 cm³/mol. The van der Waals surface area contributed by atoms with Crippen molar-refractivity contribution in [3.05, 3.63) is 47.5 Å². The van der Waals surface area contributed by atoms with E-state index in [2.05, 4.69) is 15.8 Å². The predicted octanol–water partition coefficient (Wildman–Crippen LogP) is 1.60. The average molecular weight is 401 g/mol. The third-order valence-electron chi connectivity index (χ3n) is 3.86. The number of benzene rings is 2. The van der Waals surface area contributed by atoms with Gasteiger partial charge in [-0.05, 0) is 24.3 Å². The fraction of sp³-hybridized carbons (Fsp3) is 0.250. The third kappa shape index (κ3) is 6.13. The molecule has 2 amide bonds. The molecule has 0 fully saturated rings. The summed E-state index contributed by atoms with van der Waals surface area (Å²) in [4.78, 5) is 24.2. The molecule has 0 aliphatic rings. The van der Waals surface area contributed by atoms with Crippen molar-refractivity contribution in [2.45, 2.75) is 0 Å². The van der Waals surface area contributed by atoms with Crippen molar-refractivity contribution in [1.29, 1.82) is 0 Å². The van der Waals surface area contributed by atoms with E-state index in [4.69, 9.17) is 18.9 Å². The number of carbonyl (C=O) groups is 2. The molecular formula is C20H23N3O6. The standard InChI is InChI=1S/C20H23N3O6/c1-26-15-6-5-13(18(10-15)29-4)11-22-23-19(24)12-21-20(25)14-7-16(27-2)9-17(8-14)28-3/h5-11H,12H2,1-4H3,(H,21,25)(H,23,24)/b22-11+. The van der Waals surface area contributed by atoms with Gasteiger partial charge in [-0.2, -0.15) is 5.10 Å². The van der Waals surface area contributed by atoms with Crippen LogP contribution in [0.1, 0.15) is 15.9 Å². The highest BCUT2D eigenvalue weighted by Gasteiger charge is 2.11. The van der Waals surface area contributed by atoms with Gasteiger partial charge in [0.25, 0.3) is 11.8 Å². The molecule has 0 spiro atoms. The molecule has 0 radical (unpaired) electrons. The van der Waals surface area contributed by atoms with Crippen LogP contribution >= 0.6 is 0 Å². The van der Waals surface area contributed by atoms with E-state index in [1.807, 2.05) is 0 Å². The van der Waals surface area contributed by atoms with Crippen LogP contribution in [0.15, 0.2) is 41.5 Å². The Labute approximate surface area is 168 Å². The van der Waals surface area contributed by atoms with Crippen molar-refractivity contribution < 1.29 is 28.5 Å². The maximum Gasteiger partial charge on any atom is 0.259 e. The molecule has 2 N–H and O–H groups in total. The van der Waals surface area contributed by atoms with Gasteiger partial charge in [0, 0.05) is 23.3 Å². The van der Waals surface area contributed by atoms with E-state index >= 15 is 0 Å². The molecule has 0 aliphatic heterocycles. The monoisotopic (exact) mass is 401 g/mol. The number of methoxy groups -OCH3 is 4. The topological polar surface area (TPSA) is 107 Å². The maximum atomic E-state index is 12.3. The van der Waals surface area contributed by atoms with Crippen LogP contribution in [0.2, 0.25) is 0 Å². The van der Waals surface area contributed by atoms with Gasteiger partial charge in [-0.15, -0.1) is 0 Å². The first-order chi connectivity index (χ1) is 14.0. The summed E-state index contributed by atoms with van der Waals surface area (Å²) in [6.45, 7) is -0.255. The van der Waals surface area contributed by atoms with Crippen molar-refractivity contribution in [1.82, 2.24) is 10.7 Å². The summed E-state index contributed by atoms with van der Waals surface area (Å²) in [5.74, 6) is 1.19. The summed E-state index contributed by atoms with van der Waals surface area (Å²) in [5, 5.41) is 6.38. The van der Waals surface area contributed by atoms with Crippen molar-refractivity contribution >= 4 is 18.0 Å². The van der Waals surface area contributed by atoms with Crippen LogP contribution in [0.4, 0.5) is 0 Å². The lowest BCUT2D eigenvalue weighted by Gasteiger charge is -2.09. The van der Waals surface area contributed by atoms with Crippen LogP contribution in [-0.4, -0.2) is 53.0 Å². The maximum absolute atomic E-state index is 12.3. The Bertz CT molecular complexity index is 876. The van der Waals surface area contributed by atoms with Gasteiger partial charge in [-0.1, -0.05) is 0 Å². The molecule has 2 aromatic rings. The van der Waals surface area contributed by atoms with Crippen LogP contribution < -0.4 is 29.7 Å². The number of rotatable bonds is 9. The molecule has 9 nitrogen and oxygen atoms in total. The van der Waals surface area contributed by atoms with Gasteiger partial charge in [0.05, 0.1) is 41.2 Å². The van der Waals surface area contributed by atoms with E-state index in [-0.39, 0.29) is 6.54 Å². The SMILES string of the molecule is COc1cc(OC)cc(C(=O)NCC(=O)N/N=C/c2ccc(OC)cc2OC)c1. The zero-order valence-electron chi connectivity index (χ0n) is 16.6. The van der Waals surface area contributed by atoms with Crippen LogP contribution in [0.3, 0.4) is 0 Å². The van der Waals surface area contributed by atoms with Gasteiger partial charge < -0.3 is 24.3 Å². The average Bonchev–Trinajstić information content (AvgIpc) is 2.76. The molecule has 154 valence electrons. The fourth-order valence-corrected chi connectivity index (χ4v) is 2.34. The number of ether oxygens (including phenoxy) is 4. The first-order valence-corrected chi connectivity index (χ1v) is 8.56. The molecule has 0 aliphatic carbocycles. The number of nitrogens with zero attached hydrogens (tertiary/aromatic N) is 1. The second kappa shape index (κ2) is 10.5. The van der Waals surface area contributed by atoms with Crippen molar-refractivity contribution in [3.8, 4) is 23.0 Å². The lowest BCUT2D eigenvalue weighted by atomic mass is 10.2. The normalized spacial score (nSPS) is 10.3. The van der Waals surface area contributed by atoms with Gasteiger partial charge in [0.1, 0.15) is 23.0 Å². The number of amides is 2. The minimum Gasteiger partial charge on any atom is -0.497 e. The smallest absolute Gasteiger partial charge is 0.259 e. The number of nitrogens with one attached hydrogen (secondary N) is 2. The Morgan fingerprint density at radius 2 is 1.55 bits per heavy atom. The molecular weight excluding hydrogens is 378 g/mol. The fourth-order valence-electron chi connectivity index (χ4n) is 2.34. The van der Waals surface area contributed by atoms with Crippen LogP contribution in [0.5, 0.6) is 23.0 Å². The van der Waals surface area contributed by atoms with E-state index in [1.54, 1.807) is 43.5 Å². The number of carbonyl (C=O) groups excluding carboxylic acids is 2. The van der Waals surface area contributed by atoms with E-state index in [0.717, 1.165) is 0 Å².